The molecular weight excluding hydrogens is 338 g/mol. The molecule has 0 saturated heterocycles. The predicted molar refractivity (Wildman–Crippen MR) is 99.4 cm³/mol. The summed E-state index contributed by atoms with van der Waals surface area (Å²) in [4.78, 5) is 23.4. The third-order valence-corrected chi connectivity index (χ3v) is 3.10. The number of carbonyl (C=O) groups is 2. The average molecular weight is 355 g/mol. The van der Waals surface area contributed by atoms with Gasteiger partial charge in [0.25, 0.3) is 5.91 Å². The second-order valence-electron chi connectivity index (χ2n) is 4.84. The highest BCUT2D eigenvalue weighted by Crippen LogP contribution is 2.07. The Hall–Kier alpha value is -3.19. The molecule has 2 amide bonds. The predicted octanol–water partition coefficient (Wildman–Crippen LogP) is 1.80. The molecule has 128 valence electrons. The maximum atomic E-state index is 11.7. The summed E-state index contributed by atoms with van der Waals surface area (Å²) in [7, 11) is 0. The molecule has 0 aliphatic rings. The summed E-state index contributed by atoms with van der Waals surface area (Å²) < 4.78 is 5.27. The van der Waals surface area contributed by atoms with E-state index in [0.717, 1.165) is 5.56 Å². The van der Waals surface area contributed by atoms with E-state index in [0.29, 0.717) is 5.75 Å². The minimum absolute atomic E-state index is 0.0178. The van der Waals surface area contributed by atoms with Crippen molar-refractivity contribution in [2.24, 2.45) is 0 Å². The third-order valence-electron chi connectivity index (χ3n) is 2.89. The molecule has 3 N–H and O–H groups in total. The van der Waals surface area contributed by atoms with Gasteiger partial charge >= 0.3 is 0 Å². The summed E-state index contributed by atoms with van der Waals surface area (Å²) in [6.07, 6.45) is 3.01. The first kappa shape index (κ1) is 18.2. The molecule has 0 aliphatic carbocycles. The van der Waals surface area contributed by atoms with Gasteiger partial charge in [-0.25, -0.2) is 0 Å². The maximum absolute atomic E-state index is 11.7. The summed E-state index contributed by atoms with van der Waals surface area (Å²) >= 11 is 4.92. The molecule has 7 heteroatoms. The van der Waals surface area contributed by atoms with Crippen molar-refractivity contribution in [1.82, 2.24) is 16.2 Å². The lowest BCUT2D eigenvalue weighted by molar-refractivity contribution is -0.123. The van der Waals surface area contributed by atoms with E-state index in [9.17, 15) is 9.59 Å². The summed E-state index contributed by atoms with van der Waals surface area (Å²) in [5, 5.41) is 2.40. The fourth-order valence-electron chi connectivity index (χ4n) is 1.75. The van der Waals surface area contributed by atoms with Crippen LogP contribution in [0.3, 0.4) is 0 Å². The minimum Gasteiger partial charge on any atom is -0.484 e. The molecule has 6 nitrogen and oxygen atoms in total. The Bertz CT molecular complexity index is 749. The van der Waals surface area contributed by atoms with Crippen molar-refractivity contribution in [3.8, 4) is 5.75 Å². The minimum atomic E-state index is -0.430. The molecule has 0 bridgehead atoms. The van der Waals surface area contributed by atoms with Gasteiger partial charge in [0.1, 0.15) is 5.75 Å². The van der Waals surface area contributed by atoms with E-state index >= 15 is 0 Å². The number of carbonyl (C=O) groups excluding carboxylic acids is 2. The number of hydrogen-bond donors (Lipinski definition) is 3. The second-order valence-corrected chi connectivity index (χ2v) is 5.25. The number of nitrogens with one attached hydrogen (secondary N) is 3. The van der Waals surface area contributed by atoms with Crippen LogP contribution in [0.2, 0.25) is 0 Å². The second kappa shape index (κ2) is 9.84. The molecule has 2 rings (SSSR count). The lowest BCUT2D eigenvalue weighted by Gasteiger charge is -2.10. The fraction of sp³-hybridized carbons (Fsp3) is 0.0556. The van der Waals surface area contributed by atoms with E-state index in [1.54, 1.807) is 30.3 Å². The maximum Gasteiger partial charge on any atom is 0.276 e. The highest BCUT2D eigenvalue weighted by Gasteiger charge is 2.04. The van der Waals surface area contributed by atoms with Gasteiger partial charge < -0.3 is 4.74 Å². The summed E-state index contributed by atoms with van der Waals surface area (Å²) in [5.74, 6) is -0.254. The zero-order valence-electron chi connectivity index (χ0n) is 13.3. The van der Waals surface area contributed by atoms with E-state index < -0.39 is 11.8 Å². The lowest BCUT2D eigenvalue weighted by atomic mass is 10.2. The van der Waals surface area contributed by atoms with E-state index in [1.807, 2.05) is 36.4 Å². The molecule has 0 fully saturated rings. The van der Waals surface area contributed by atoms with Crippen LogP contribution in [0, 0.1) is 0 Å². The molecule has 0 heterocycles. The van der Waals surface area contributed by atoms with E-state index in [2.05, 4.69) is 16.2 Å². The number of benzene rings is 2. The van der Waals surface area contributed by atoms with Crippen LogP contribution < -0.4 is 20.9 Å². The first-order chi connectivity index (χ1) is 12.1. The van der Waals surface area contributed by atoms with Gasteiger partial charge in [-0.1, -0.05) is 48.5 Å². The van der Waals surface area contributed by atoms with Gasteiger partial charge in [0.05, 0.1) is 0 Å². The van der Waals surface area contributed by atoms with E-state index in [4.69, 9.17) is 17.0 Å². The van der Waals surface area contributed by atoms with Crippen molar-refractivity contribution >= 4 is 35.2 Å². The van der Waals surface area contributed by atoms with Crippen LogP contribution in [0.25, 0.3) is 6.08 Å². The highest BCUT2D eigenvalue weighted by atomic mass is 32.1. The van der Waals surface area contributed by atoms with Crippen LogP contribution >= 0.6 is 12.2 Å². The Morgan fingerprint density at radius 3 is 2.28 bits per heavy atom. The zero-order chi connectivity index (χ0) is 17.9. The first-order valence-corrected chi connectivity index (χ1v) is 7.85. The van der Waals surface area contributed by atoms with Gasteiger partial charge in [-0.15, -0.1) is 0 Å². The molecule has 2 aromatic carbocycles. The number of ether oxygens (including phenoxy) is 1. The molecular formula is C18H17N3O3S. The molecule has 25 heavy (non-hydrogen) atoms. The fourth-order valence-corrected chi connectivity index (χ4v) is 1.90. The third kappa shape index (κ3) is 7.28. The molecule has 0 aromatic heterocycles. The van der Waals surface area contributed by atoms with Crippen molar-refractivity contribution < 1.29 is 14.3 Å². The Balaban J connectivity index is 1.66. The number of hydrazine groups is 1. The van der Waals surface area contributed by atoms with Gasteiger partial charge in [-0.05, 0) is 36.0 Å². The van der Waals surface area contributed by atoms with E-state index in [-0.39, 0.29) is 11.7 Å². The number of para-hydroxylation sites is 1. The molecule has 0 radical (unpaired) electrons. The Labute approximate surface area is 150 Å². The van der Waals surface area contributed by atoms with Crippen LogP contribution in [-0.4, -0.2) is 23.5 Å². The van der Waals surface area contributed by atoms with Crippen LogP contribution in [0.15, 0.2) is 66.7 Å². The normalized spacial score (nSPS) is 10.1. The van der Waals surface area contributed by atoms with Crippen molar-refractivity contribution in [2.75, 3.05) is 6.61 Å². The largest absolute Gasteiger partial charge is 0.484 e. The van der Waals surface area contributed by atoms with Gasteiger partial charge in [-0.3, -0.25) is 25.8 Å². The Kier molecular flexibility index (Phi) is 7.14. The molecule has 0 aliphatic heterocycles. The molecule has 0 unspecified atom stereocenters. The quantitative estimate of drug-likeness (QED) is 0.433. The van der Waals surface area contributed by atoms with Crippen LogP contribution in [0.1, 0.15) is 5.56 Å². The SMILES string of the molecule is O=C(C=Cc1ccccc1)NC(=S)NNC(=O)COc1ccccc1. The first-order valence-electron chi connectivity index (χ1n) is 7.44. The van der Waals surface area contributed by atoms with Gasteiger partial charge in [-0.2, -0.15) is 0 Å². The topological polar surface area (TPSA) is 79.5 Å². The standard InChI is InChI=1S/C18H17N3O3S/c22-16(12-11-14-7-3-1-4-8-14)19-18(25)21-20-17(23)13-24-15-9-5-2-6-10-15/h1-12H,13H2,(H,20,23)(H2,19,21,22,25). The van der Waals surface area contributed by atoms with Gasteiger partial charge in [0.15, 0.2) is 11.7 Å². The van der Waals surface area contributed by atoms with Crippen LogP contribution in [0.4, 0.5) is 0 Å². The Morgan fingerprint density at radius 2 is 1.60 bits per heavy atom. The van der Waals surface area contributed by atoms with Gasteiger partial charge in [0, 0.05) is 6.08 Å². The monoisotopic (exact) mass is 355 g/mol. The summed E-state index contributed by atoms with van der Waals surface area (Å²) in [6.45, 7) is -0.179. The summed E-state index contributed by atoms with van der Waals surface area (Å²) in [5.41, 5.74) is 5.66. The number of amides is 2. The summed E-state index contributed by atoms with van der Waals surface area (Å²) in [6, 6.07) is 18.3. The lowest BCUT2D eigenvalue weighted by Crippen LogP contribution is -2.49. The van der Waals surface area contributed by atoms with Crippen molar-refractivity contribution in [2.45, 2.75) is 0 Å². The van der Waals surface area contributed by atoms with Crippen LogP contribution in [0.5, 0.6) is 5.75 Å². The average Bonchev–Trinajstić information content (AvgIpc) is 2.65. The highest BCUT2D eigenvalue weighted by molar-refractivity contribution is 7.80. The number of rotatable bonds is 5. The van der Waals surface area contributed by atoms with Gasteiger partial charge in [0.2, 0.25) is 5.91 Å². The molecule has 0 spiro atoms. The van der Waals surface area contributed by atoms with Crippen molar-refractivity contribution in [3.63, 3.8) is 0 Å². The Morgan fingerprint density at radius 1 is 0.960 bits per heavy atom. The smallest absolute Gasteiger partial charge is 0.276 e. The molecule has 0 atom stereocenters. The number of thiocarbonyl (C=S) groups is 1. The molecule has 0 saturated carbocycles. The molecule has 2 aromatic rings. The van der Waals surface area contributed by atoms with E-state index in [1.165, 1.54) is 6.08 Å². The van der Waals surface area contributed by atoms with Crippen molar-refractivity contribution in [3.05, 3.63) is 72.3 Å². The zero-order valence-corrected chi connectivity index (χ0v) is 14.1. The van der Waals surface area contributed by atoms with Crippen molar-refractivity contribution in [1.29, 1.82) is 0 Å². The van der Waals surface area contributed by atoms with Crippen LogP contribution in [-0.2, 0) is 9.59 Å². The number of hydrogen-bond acceptors (Lipinski definition) is 4.